The molecule has 0 bridgehead atoms. The Morgan fingerprint density at radius 1 is 1.07 bits per heavy atom. The molecule has 40 heavy (non-hydrogen) atoms. The van der Waals surface area contributed by atoms with Gasteiger partial charge in [-0.2, -0.15) is 15.2 Å². The molecule has 2 aromatic carbocycles. The Hall–Kier alpha value is -4.32. The topological polar surface area (TPSA) is 167 Å². The number of aliphatic hydroxyl groups excluding tert-OH is 2. The van der Waals surface area contributed by atoms with E-state index in [-0.39, 0.29) is 31.1 Å². The number of nitrogens with one attached hydrogen (secondary N) is 2. The number of allylic oxidation sites excluding steroid dienone is 2. The predicted octanol–water partition coefficient (Wildman–Crippen LogP) is 2.10. The number of hydrazone groups is 2. The summed E-state index contributed by atoms with van der Waals surface area (Å²) in [5.41, 5.74) is 5.44. The highest BCUT2D eigenvalue weighted by atomic mass is 16.4. The Morgan fingerprint density at radius 2 is 1.77 bits per heavy atom. The summed E-state index contributed by atoms with van der Waals surface area (Å²) in [6.45, 7) is 7.00. The van der Waals surface area contributed by atoms with Crippen LogP contribution in [0.25, 0.3) is 5.57 Å². The van der Waals surface area contributed by atoms with Gasteiger partial charge in [-0.25, -0.2) is 4.79 Å². The van der Waals surface area contributed by atoms with Crippen molar-refractivity contribution < 1.29 is 30.0 Å². The smallest absolute Gasteiger partial charge is 0.335 e. The standard InChI is InChI=1S/C25H24N4O4.C4H11NO2/c1-15-10-11-19(13-16(15)2)29-23(31)22(17(3)27-29)26-28-25(24(32)33)12-6-7-18(14-25)20-8-4-5-9-21(20)30;6-3-1-5-2-4-7/h4-13,28,30H,14H2,1-3H3,(H,32,33);5-7H,1-4H2/b26-22-;. The number of aromatic hydroxyl groups is 1. The van der Waals surface area contributed by atoms with Crippen LogP contribution in [0.5, 0.6) is 5.75 Å². The number of carboxylic acid groups (broad SMARTS) is 1. The normalized spacial score (nSPS) is 19.2. The van der Waals surface area contributed by atoms with Crippen molar-refractivity contribution in [2.45, 2.75) is 32.7 Å². The zero-order chi connectivity index (χ0) is 29.3. The van der Waals surface area contributed by atoms with Crippen molar-refractivity contribution in [3.63, 3.8) is 0 Å². The highest BCUT2D eigenvalue weighted by Gasteiger charge is 2.40. The molecule has 212 valence electrons. The number of aliphatic carboxylic acids is 1. The Balaban J connectivity index is 0.000000559. The van der Waals surface area contributed by atoms with Gasteiger partial charge in [-0.05, 0) is 61.7 Å². The zero-order valence-corrected chi connectivity index (χ0v) is 22.8. The number of hydrogen-bond acceptors (Lipinski definition) is 9. The van der Waals surface area contributed by atoms with Gasteiger partial charge in [0, 0.05) is 25.1 Å². The molecule has 0 saturated heterocycles. The van der Waals surface area contributed by atoms with E-state index in [0.717, 1.165) is 11.1 Å². The molecule has 0 fully saturated rings. The summed E-state index contributed by atoms with van der Waals surface area (Å²) in [5, 5.41) is 49.1. The summed E-state index contributed by atoms with van der Waals surface area (Å²) in [6, 6.07) is 12.3. The molecular formula is C29H35N5O6. The van der Waals surface area contributed by atoms with Crippen LogP contribution in [0.15, 0.2) is 70.9 Å². The van der Waals surface area contributed by atoms with Gasteiger partial charge < -0.3 is 25.7 Å². The first-order valence-electron chi connectivity index (χ1n) is 12.8. The summed E-state index contributed by atoms with van der Waals surface area (Å²) < 4.78 is 0. The number of aliphatic hydroxyl groups is 2. The number of carbonyl (C=O) groups is 2. The summed E-state index contributed by atoms with van der Waals surface area (Å²) >= 11 is 0. The van der Waals surface area contributed by atoms with E-state index >= 15 is 0 Å². The molecule has 0 radical (unpaired) electrons. The van der Waals surface area contributed by atoms with Crippen molar-refractivity contribution in [2.75, 3.05) is 31.3 Å². The number of benzene rings is 2. The van der Waals surface area contributed by atoms with E-state index in [9.17, 15) is 19.8 Å². The predicted molar refractivity (Wildman–Crippen MR) is 154 cm³/mol. The van der Waals surface area contributed by atoms with Gasteiger partial charge in [0.05, 0.1) is 24.6 Å². The third kappa shape index (κ3) is 7.00. The van der Waals surface area contributed by atoms with Crippen molar-refractivity contribution in [2.24, 2.45) is 10.2 Å². The van der Waals surface area contributed by atoms with E-state index in [0.29, 0.717) is 35.6 Å². The summed E-state index contributed by atoms with van der Waals surface area (Å²) in [5.74, 6) is -1.54. The van der Waals surface area contributed by atoms with Crippen LogP contribution in [-0.4, -0.2) is 75.6 Å². The molecule has 11 nitrogen and oxygen atoms in total. The molecule has 0 saturated carbocycles. The van der Waals surface area contributed by atoms with Gasteiger partial charge in [-0.3, -0.25) is 10.2 Å². The number of carboxylic acids is 1. The number of phenols is 1. The molecule has 1 aliphatic carbocycles. The Bertz CT molecular complexity index is 1360. The lowest BCUT2D eigenvalue weighted by Crippen LogP contribution is -2.50. The minimum absolute atomic E-state index is 0.0262. The van der Waals surface area contributed by atoms with Crippen LogP contribution in [0.3, 0.4) is 0 Å². The number of rotatable bonds is 9. The first-order valence-corrected chi connectivity index (χ1v) is 12.8. The zero-order valence-electron chi connectivity index (χ0n) is 22.8. The molecule has 4 rings (SSSR count). The Morgan fingerprint density at radius 3 is 2.40 bits per heavy atom. The molecule has 2 aromatic rings. The monoisotopic (exact) mass is 549 g/mol. The highest BCUT2D eigenvalue weighted by Crippen LogP contribution is 2.34. The van der Waals surface area contributed by atoms with Gasteiger partial charge in [0.25, 0.3) is 0 Å². The first-order chi connectivity index (χ1) is 19.1. The lowest BCUT2D eigenvalue weighted by atomic mass is 9.84. The van der Waals surface area contributed by atoms with E-state index in [1.807, 2.05) is 26.0 Å². The number of anilines is 1. The number of para-hydroxylation sites is 1. The van der Waals surface area contributed by atoms with Crippen molar-refractivity contribution in [1.29, 1.82) is 0 Å². The summed E-state index contributed by atoms with van der Waals surface area (Å²) in [6.07, 6.45) is 4.86. The van der Waals surface area contributed by atoms with E-state index in [2.05, 4.69) is 20.9 Å². The van der Waals surface area contributed by atoms with Crippen LogP contribution in [0.2, 0.25) is 0 Å². The van der Waals surface area contributed by atoms with Crippen LogP contribution in [0, 0.1) is 13.8 Å². The second-order valence-electron chi connectivity index (χ2n) is 9.36. The third-order valence-electron chi connectivity index (χ3n) is 6.45. The van der Waals surface area contributed by atoms with Crippen LogP contribution in [0.1, 0.15) is 30.0 Å². The average molecular weight is 550 g/mol. The molecule has 1 amide bonds. The summed E-state index contributed by atoms with van der Waals surface area (Å²) in [4.78, 5) is 25.3. The van der Waals surface area contributed by atoms with Crippen LogP contribution < -0.4 is 15.8 Å². The Kier molecular flexibility index (Phi) is 10.3. The van der Waals surface area contributed by atoms with Gasteiger partial charge in [0.2, 0.25) is 0 Å². The van der Waals surface area contributed by atoms with Gasteiger partial charge in [-0.15, -0.1) is 0 Å². The minimum Gasteiger partial charge on any atom is -0.507 e. The minimum atomic E-state index is -1.59. The van der Waals surface area contributed by atoms with E-state index in [1.165, 1.54) is 11.1 Å². The van der Waals surface area contributed by atoms with Crippen molar-refractivity contribution in [1.82, 2.24) is 10.7 Å². The molecule has 0 aromatic heterocycles. The largest absolute Gasteiger partial charge is 0.507 e. The number of nitrogens with zero attached hydrogens (tertiary/aromatic N) is 3. The highest BCUT2D eigenvalue weighted by molar-refractivity contribution is 6.71. The molecule has 1 aliphatic heterocycles. The fraction of sp³-hybridized carbons (Fsp3) is 0.310. The molecule has 1 unspecified atom stereocenters. The number of hydrogen-bond donors (Lipinski definition) is 6. The number of aryl methyl sites for hydroxylation is 2. The summed E-state index contributed by atoms with van der Waals surface area (Å²) in [7, 11) is 0. The maximum absolute atomic E-state index is 13.0. The Labute approximate surface area is 232 Å². The van der Waals surface area contributed by atoms with Crippen LogP contribution in [0.4, 0.5) is 5.69 Å². The SMILES string of the molecule is CC1=NN(c2ccc(C)c(C)c2)C(=O)/C1=N\NC1(C(=O)O)C=CC=C(c2ccccc2O)C1.OCCNCCO. The maximum Gasteiger partial charge on any atom is 0.335 e. The molecule has 0 spiro atoms. The van der Waals surface area contributed by atoms with Gasteiger partial charge >= 0.3 is 11.9 Å². The fourth-order valence-corrected chi connectivity index (χ4v) is 4.05. The van der Waals surface area contributed by atoms with E-state index in [1.54, 1.807) is 49.4 Å². The molecular weight excluding hydrogens is 514 g/mol. The van der Waals surface area contributed by atoms with Crippen molar-refractivity contribution >= 4 is 34.6 Å². The van der Waals surface area contributed by atoms with Gasteiger partial charge in [0.1, 0.15) is 5.75 Å². The first kappa shape index (κ1) is 30.2. The second kappa shape index (κ2) is 13.7. The fourth-order valence-electron chi connectivity index (χ4n) is 4.05. The van der Waals surface area contributed by atoms with Crippen LogP contribution in [-0.2, 0) is 9.59 Å². The lowest BCUT2D eigenvalue weighted by molar-refractivity contribution is -0.142. The number of amides is 1. The maximum atomic E-state index is 13.0. The van der Waals surface area contributed by atoms with Crippen molar-refractivity contribution in [3.8, 4) is 5.75 Å². The molecule has 6 N–H and O–H groups in total. The second-order valence-corrected chi connectivity index (χ2v) is 9.36. The lowest BCUT2D eigenvalue weighted by Gasteiger charge is -2.29. The third-order valence-corrected chi connectivity index (χ3v) is 6.45. The molecule has 1 atom stereocenters. The van der Waals surface area contributed by atoms with Gasteiger partial charge in [0.15, 0.2) is 11.3 Å². The molecule has 2 aliphatic rings. The number of carbonyl (C=O) groups excluding carboxylic acids is 1. The van der Waals surface area contributed by atoms with E-state index < -0.39 is 17.4 Å². The average Bonchev–Trinajstić information content (AvgIpc) is 3.22. The van der Waals surface area contributed by atoms with Crippen molar-refractivity contribution in [3.05, 3.63) is 77.4 Å². The van der Waals surface area contributed by atoms with E-state index in [4.69, 9.17) is 10.2 Å². The quantitative estimate of drug-likeness (QED) is 0.204. The number of phenolic OH excluding ortho intramolecular Hbond substituents is 1. The van der Waals surface area contributed by atoms with Gasteiger partial charge in [-0.1, -0.05) is 36.4 Å². The van der Waals surface area contributed by atoms with Crippen LogP contribution >= 0.6 is 0 Å². The molecule has 11 heteroatoms. The molecule has 1 heterocycles.